The van der Waals surface area contributed by atoms with E-state index in [9.17, 15) is 4.39 Å². The molecule has 1 aromatic carbocycles. The number of halogens is 2. The van der Waals surface area contributed by atoms with Gasteiger partial charge in [0, 0.05) is 0 Å². The van der Waals surface area contributed by atoms with Crippen LogP contribution in [-0.4, -0.2) is 20.6 Å². The topological polar surface area (TPSA) is 54.5 Å². The van der Waals surface area contributed by atoms with Crippen LogP contribution in [0, 0.1) is 5.82 Å². The Bertz CT molecular complexity index is 376. The van der Waals surface area contributed by atoms with E-state index in [-0.39, 0.29) is 24.0 Å². The van der Waals surface area contributed by atoms with E-state index in [1.807, 2.05) is 0 Å². The quantitative estimate of drug-likeness (QED) is 0.758. The van der Waals surface area contributed by atoms with Crippen LogP contribution in [0.5, 0.6) is 0 Å². The van der Waals surface area contributed by atoms with E-state index in [1.54, 1.807) is 18.2 Å². The summed E-state index contributed by atoms with van der Waals surface area (Å²) < 4.78 is 13.0. The Labute approximate surface area is 79.6 Å². The maximum atomic E-state index is 13.0. The molecule has 1 aromatic heterocycles. The zero-order valence-corrected chi connectivity index (χ0v) is 7.25. The van der Waals surface area contributed by atoms with Crippen molar-refractivity contribution in [3.8, 4) is 11.4 Å². The van der Waals surface area contributed by atoms with Gasteiger partial charge in [0.1, 0.15) is 5.82 Å². The van der Waals surface area contributed by atoms with Crippen molar-refractivity contribution in [3.05, 3.63) is 30.1 Å². The summed E-state index contributed by atoms with van der Waals surface area (Å²) in [4.78, 5) is 0. The van der Waals surface area contributed by atoms with Crippen molar-refractivity contribution in [1.82, 2.24) is 20.6 Å². The number of hydrogen-bond acceptors (Lipinski definition) is 3. The van der Waals surface area contributed by atoms with Gasteiger partial charge >= 0.3 is 0 Å². The number of nitrogens with zero attached hydrogens (tertiary/aromatic N) is 3. The van der Waals surface area contributed by atoms with Crippen LogP contribution in [0.25, 0.3) is 11.4 Å². The molecule has 6 heteroatoms. The molecule has 0 fully saturated rings. The molecular formula is C7H6ClFN4. The second-order valence-corrected chi connectivity index (χ2v) is 2.22. The van der Waals surface area contributed by atoms with Crippen LogP contribution in [0.3, 0.4) is 0 Å². The van der Waals surface area contributed by atoms with Crippen molar-refractivity contribution in [2.45, 2.75) is 0 Å². The second kappa shape index (κ2) is 3.95. The molecular weight excluding hydrogens is 195 g/mol. The number of aromatic amines is 1. The van der Waals surface area contributed by atoms with Gasteiger partial charge < -0.3 is 0 Å². The molecule has 0 aliphatic carbocycles. The molecule has 13 heavy (non-hydrogen) atoms. The fourth-order valence-electron chi connectivity index (χ4n) is 0.918. The van der Waals surface area contributed by atoms with Gasteiger partial charge in [-0.1, -0.05) is 12.1 Å². The number of nitrogens with one attached hydrogen (secondary N) is 1. The van der Waals surface area contributed by atoms with Crippen molar-refractivity contribution < 1.29 is 4.39 Å². The molecule has 0 atom stereocenters. The molecule has 0 aliphatic rings. The van der Waals surface area contributed by atoms with E-state index in [4.69, 9.17) is 0 Å². The van der Waals surface area contributed by atoms with Crippen LogP contribution < -0.4 is 0 Å². The van der Waals surface area contributed by atoms with Crippen molar-refractivity contribution in [3.63, 3.8) is 0 Å². The van der Waals surface area contributed by atoms with Gasteiger partial charge in [-0.05, 0) is 17.3 Å². The Balaban J connectivity index is 0.000000845. The highest BCUT2D eigenvalue weighted by molar-refractivity contribution is 5.85. The number of hydrogen-bond donors (Lipinski definition) is 1. The van der Waals surface area contributed by atoms with Gasteiger partial charge in [0.25, 0.3) is 0 Å². The van der Waals surface area contributed by atoms with Crippen molar-refractivity contribution in [1.29, 1.82) is 0 Å². The second-order valence-electron chi connectivity index (χ2n) is 2.22. The number of benzene rings is 1. The molecule has 68 valence electrons. The number of rotatable bonds is 1. The Morgan fingerprint density at radius 3 is 2.62 bits per heavy atom. The Morgan fingerprint density at radius 1 is 1.23 bits per heavy atom. The first-order valence-electron chi connectivity index (χ1n) is 3.36. The first-order valence-corrected chi connectivity index (χ1v) is 3.36. The monoisotopic (exact) mass is 200 g/mol. The summed E-state index contributed by atoms with van der Waals surface area (Å²) in [7, 11) is 0. The minimum atomic E-state index is -0.348. The predicted octanol–water partition coefficient (Wildman–Crippen LogP) is 1.43. The van der Waals surface area contributed by atoms with E-state index >= 15 is 0 Å². The summed E-state index contributed by atoms with van der Waals surface area (Å²) in [6.07, 6.45) is 0. The lowest BCUT2D eigenvalue weighted by Gasteiger charge is -1.93. The van der Waals surface area contributed by atoms with Gasteiger partial charge in [-0.15, -0.1) is 22.6 Å². The van der Waals surface area contributed by atoms with Crippen LogP contribution in [0.2, 0.25) is 0 Å². The van der Waals surface area contributed by atoms with Gasteiger partial charge in [-0.25, -0.2) is 4.39 Å². The molecule has 0 bridgehead atoms. The third kappa shape index (κ3) is 1.81. The average Bonchev–Trinajstić information content (AvgIpc) is 2.57. The minimum absolute atomic E-state index is 0. The van der Waals surface area contributed by atoms with E-state index < -0.39 is 0 Å². The molecule has 0 spiro atoms. The van der Waals surface area contributed by atoms with E-state index in [2.05, 4.69) is 20.6 Å². The summed E-state index contributed by atoms with van der Waals surface area (Å²) in [5, 5.41) is 12.9. The van der Waals surface area contributed by atoms with E-state index in [1.165, 1.54) is 6.07 Å². The van der Waals surface area contributed by atoms with Crippen LogP contribution in [0.4, 0.5) is 4.39 Å². The molecule has 2 aromatic rings. The lowest BCUT2D eigenvalue weighted by Crippen LogP contribution is -1.85. The minimum Gasteiger partial charge on any atom is -0.206 e. The highest BCUT2D eigenvalue weighted by Gasteiger charge is 2.06. The maximum absolute atomic E-state index is 13.0. The summed E-state index contributed by atoms with van der Waals surface area (Å²) in [6.45, 7) is 0. The zero-order valence-electron chi connectivity index (χ0n) is 6.44. The first-order chi connectivity index (χ1) is 5.88. The molecule has 0 saturated heterocycles. The summed E-state index contributed by atoms with van der Waals surface area (Å²) in [5.74, 6) is -0.0769. The maximum Gasteiger partial charge on any atom is 0.207 e. The SMILES string of the molecule is Cl.Fc1ccccc1-c1nn[nH]n1. The third-order valence-electron chi connectivity index (χ3n) is 1.46. The standard InChI is InChI=1S/C7H5FN4.ClH/c8-6-4-2-1-3-5(6)7-9-11-12-10-7;/h1-4H,(H,9,10,11,12);1H. The number of H-pyrrole nitrogens is 1. The van der Waals surface area contributed by atoms with Crippen molar-refractivity contribution in [2.75, 3.05) is 0 Å². The fraction of sp³-hybridized carbons (Fsp3) is 0. The molecule has 0 amide bonds. The Hall–Kier alpha value is -1.49. The smallest absolute Gasteiger partial charge is 0.206 e. The molecule has 0 unspecified atom stereocenters. The molecule has 0 aliphatic heterocycles. The highest BCUT2D eigenvalue weighted by atomic mass is 35.5. The molecule has 1 heterocycles. The molecule has 2 rings (SSSR count). The zero-order chi connectivity index (χ0) is 8.39. The summed E-state index contributed by atoms with van der Waals surface area (Å²) >= 11 is 0. The van der Waals surface area contributed by atoms with Crippen molar-refractivity contribution >= 4 is 12.4 Å². The number of tetrazole rings is 1. The van der Waals surface area contributed by atoms with Crippen LogP contribution >= 0.6 is 12.4 Å². The summed E-state index contributed by atoms with van der Waals surface area (Å²) in [6, 6.07) is 6.28. The van der Waals surface area contributed by atoms with E-state index in [0.717, 1.165) is 0 Å². The van der Waals surface area contributed by atoms with Crippen LogP contribution in [0.15, 0.2) is 24.3 Å². The lowest BCUT2D eigenvalue weighted by molar-refractivity contribution is 0.630. The van der Waals surface area contributed by atoms with Gasteiger partial charge in [-0.2, -0.15) is 5.21 Å². The van der Waals surface area contributed by atoms with Gasteiger partial charge in [0.05, 0.1) is 5.56 Å². The normalized spacial score (nSPS) is 9.31. The first kappa shape index (κ1) is 9.60. The highest BCUT2D eigenvalue weighted by Crippen LogP contribution is 2.16. The largest absolute Gasteiger partial charge is 0.207 e. The average molecular weight is 201 g/mol. The Kier molecular flexibility index (Phi) is 2.92. The number of aromatic nitrogens is 4. The van der Waals surface area contributed by atoms with Gasteiger partial charge in [0.15, 0.2) is 0 Å². The Morgan fingerprint density at radius 2 is 2.00 bits per heavy atom. The van der Waals surface area contributed by atoms with Crippen LogP contribution in [0.1, 0.15) is 0 Å². The lowest BCUT2D eigenvalue weighted by atomic mass is 10.2. The molecule has 1 N–H and O–H groups in total. The third-order valence-corrected chi connectivity index (χ3v) is 1.46. The molecule has 0 saturated carbocycles. The van der Waals surface area contributed by atoms with Gasteiger partial charge in [-0.3, -0.25) is 0 Å². The molecule has 0 radical (unpaired) electrons. The van der Waals surface area contributed by atoms with Crippen LogP contribution in [-0.2, 0) is 0 Å². The van der Waals surface area contributed by atoms with Gasteiger partial charge in [0.2, 0.25) is 5.82 Å². The molecule has 4 nitrogen and oxygen atoms in total. The summed E-state index contributed by atoms with van der Waals surface area (Å²) in [5.41, 5.74) is 0.353. The predicted molar refractivity (Wildman–Crippen MR) is 46.8 cm³/mol. The van der Waals surface area contributed by atoms with E-state index in [0.29, 0.717) is 5.56 Å². The van der Waals surface area contributed by atoms with Crippen molar-refractivity contribution in [2.24, 2.45) is 0 Å². The fourth-order valence-corrected chi connectivity index (χ4v) is 0.918.